The molecule has 0 radical (unpaired) electrons. The van der Waals surface area contributed by atoms with Crippen molar-refractivity contribution in [2.24, 2.45) is 0 Å². The van der Waals surface area contributed by atoms with Crippen molar-refractivity contribution < 1.29 is 27.2 Å². The van der Waals surface area contributed by atoms with Crippen LogP contribution in [0, 0.1) is 0 Å². The Labute approximate surface area is 179 Å². The van der Waals surface area contributed by atoms with Crippen molar-refractivity contribution in [1.82, 2.24) is 9.88 Å². The van der Waals surface area contributed by atoms with E-state index in [1.54, 1.807) is 43.3 Å². The maximum absolute atomic E-state index is 12.9. The number of amides is 1. The Kier molecular flexibility index (Phi) is 5.77. The smallest absolute Gasteiger partial charge is 0.339 e. The van der Waals surface area contributed by atoms with Gasteiger partial charge in [0.05, 0.1) is 28.8 Å². The number of pyridine rings is 1. The maximum atomic E-state index is 12.9. The second-order valence-corrected chi connectivity index (χ2v) is 9.59. The fourth-order valence-electron chi connectivity index (χ4n) is 3.84. The van der Waals surface area contributed by atoms with Gasteiger partial charge in [0.25, 0.3) is 5.91 Å². The molecule has 1 unspecified atom stereocenters. The van der Waals surface area contributed by atoms with Crippen LogP contribution in [0.15, 0.2) is 53.1 Å². The minimum absolute atomic E-state index is 0.0535. The standard InChI is InChI=1S/C22H22N2O6S/c1-2-24(15-9-11-31(27,28)14-15)21(25)13-30-22(26)17-12-19(20-8-5-10-29-20)23-18-7-4-3-6-16(17)18/h3-8,10,12,15H,2,9,11,13-14H2,1H3. The van der Waals surface area contributed by atoms with Gasteiger partial charge in [0.2, 0.25) is 0 Å². The second-order valence-electron chi connectivity index (χ2n) is 7.36. The molecule has 162 valence electrons. The number of hydrogen-bond donors (Lipinski definition) is 0. The van der Waals surface area contributed by atoms with Gasteiger partial charge in [0, 0.05) is 18.0 Å². The van der Waals surface area contributed by atoms with Gasteiger partial charge in [-0.25, -0.2) is 18.2 Å². The van der Waals surface area contributed by atoms with Crippen molar-refractivity contribution >= 4 is 32.6 Å². The van der Waals surface area contributed by atoms with Crippen molar-refractivity contribution in [2.45, 2.75) is 19.4 Å². The Hall–Kier alpha value is -3.20. The van der Waals surface area contributed by atoms with E-state index in [0.717, 1.165) is 0 Å². The molecule has 31 heavy (non-hydrogen) atoms. The van der Waals surface area contributed by atoms with E-state index in [1.807, 2.05) is 6.07 Å². The molecule has 8 nitrogen and oxygen atoms in total. The third-order valence-corrected chi connectivity index (χ3v) is 7.10. The van der Waals surface area contributed by atoms with Crippen molar-refractivity contribution in [3.05, 3.63) is 54.3 Å². The van der Waals surface area contributed by atoms with E-state index >= 15 is 0 Å². The SMILES string of the molecule is CCN(C(=O)COC(=O)c1cc(-c2ccco2)nc2ccccc12)C1CCS(=O)(=O)C1. The highest BCUT2D eigenvalue weighted by atomic mass is 32.2. The predicted octanol–water partition coefficient (Wildman–Crippen LogP) is 2.69. The second kappa shape index (κ2) is 8.50. The number of esters is 1. The van der Waals surface area contributed by atoms with Crippen molar-refractivity contribution in [3.8, 4) is 11.5 Å². The first kappa shape index (κ1) is 21.0. The van der Waals surface area contributed by atoms with E-state index in [-0.39, 0.29) is 23.1 Å². The molecule has 1 saturated heterocycles. The van der Waals surface area contributed by atoms with Crippen LogP contribution in [-0.4, -0.2) is 60.9 Å². The molecule has 1 aliphatic rings. The summed E-state index contributed by atoms with van der Waals surface area (Å²) in [5, 5.41) is 0.601. The molecule has 0 saturated carbocycles. The van der Waals surface area contributed by atoms with Crippen LogP contribution in [0.2, 0.25) is 0 Å². The summed E-state index contributed by atoms with van der Waals surface area (Å²) in [5.41, 5.74) is 1.35. The molecule has 0 bridgehead atoms. The highest BCUT2D eigenvalue weighted by Gasteiger charge is 2.34. The van der Waals surface area contributed by atoms with Crippen molar-refractivity contribution in [1.29, 1.82) is 0 Å². The minimum Gasteiger partial charge on any atom is -0.463 e. The molecular formula is C22H22N2O6S. The summed E-state index contributed by atoms with van der Waals surface area (Å²) in [7, 11) is -3.13. The lowest BCUT2D eigenvalue weighted by molar-refractivity contribution is -0.136. The van der Waals surface area contributed by atoms with Gasteiger partial charge in [-0.1, -0.05) is 18.2 Å². The highest BCUT2D eigenvalue weighted by Crippen LogP contribution is 2.26. The average molecular weight is 442 g/mol. The zero-order valence-electron chi connectivity index (χ0n) is 17.0. The number of hydrogen-bond acceptors (Lipinski definition) is 7. The quantitative estimate of drug-likeness (QED) is 0.540. The van der Waals surface area contributed by atoms with Crippen LogP contribution in [-0.2, 0) is 19.4 Å². The number of rotatable bonds is 6. The molecule has 1 fully saturated rings. The number of aromatic nitrogens is 1. The monoisotopic (exact) mass is 442 g/mol. The number of nitrogens with zero attached hydrogens (tertiary/aromatic N) is 2. The fourth-order valence-corrected chi connectivity index (χ4v) is 5.57. The number of benzene rings is 1. The van der Waals surface area contributed by atoms with Gasteiger partial charge >= 0.3 is 5.97 Å². The van der Waals surface area contributed by atoms with Gasteiger partial charge in [0.1, 0.15) is 5.69 Å². The number of ether oxygens (including phenoxy) is 1. The molecule has 9 heteroatoms. The van der Waals surface area contributed by atoms with Gasteiger partial charge in [-0.05, 0) is 37.6 Å². The van der Waals surface area contributed by atoms with E-state index in [9.17, 15) is 18.0 Å². The number of para-hydroxylation sites is 1. The summed E-state index contributed by atoms with van der Waals surface area (Å²) in [6.45, 7) is 1.66. The van der Waals surface area contributed by atoms with Crippen LogP contribution in [0.5, 0.6) is 0 Å². The average Bonchev–Trinajstić information content (AvgIpc) is 3.41. The molecule has 3 heterocycles. The molecular weight excluding hydrogens is 420 g/mol. The van der Waals surface area contributed by atoms with Crippen LogP contribution < -0.4 is 0 Å². The van der Waals surface area contributed by atoms with Crippen molar-refractivity contribution in [3.63, 3.8) is 0 Å². The summed E-state index contributed by atoms with van der Waals surface area (Å²) in [6.07, 6.45) is 1.92. The molecule has 0 aliphatic carbocycles. The lowest BCUT2D eigenvalue weighted by Crippen LogP contribution is -2.43. The number of carbonyl (C=O) groups excluding carboxylic acids is 2. The Bertz CT molecular complexity index is 1220. The molecule has 3 aromatic rings. The van der Waals surface area contributed by atoms with E-state index in [0.29, 0.717) is 35.3 Å². The van der Waals surface area contributed by atoms with Crippen LogP contribution in [0.25, 0.3) is 22.4 Å². The lowest BCUT2D eigenvalue weighted by Gasteiger charge is -2.26. The third-order valence-electron chi connectivity index (χ3n) is 5.35. The summed E-state index contributed by atoms with van der Waals surface area (Å²) >= 11 is 0. The van der Waals surface area contributed by atoms with E-state index < -0.39 is 28.3 Å². The summed E-state index contributed by atoms with van der Waals surface area (Å²) < 4.78 is 34.2. The van der Waals surface area contributed by atoms with Crippen LogP contribution >= 0.6 is 0 Å². The topological polar surface area (TPSA) is 107 Å². The predicted molar refractivity (Wildman–Crippen MR) is 114 cm³/mol. The zero-order chi connectivity index (χ0) is 22.0. The minimum atomic E-state index is -3.13. The van der Waals surface area contributed by atoms with Gasteiger partial charge in [-0.15, -0.1) is 0 Å². The fraction of sp³-hybridized carbons (Fsp3) is 0.318. The summed E-state index contributed by atoms with van der Waals surface area (Å²) in [6, 6.07) is 11.8. The highest BCUT2D eigenvalue weighted by molar-refractivity contribution is 7.91. The van der Waals surface area contributed by atoms with Crippen LogP contribution in [0.1, 0.15) is 23.7 Å². The summed E-state index contributed by atoms with van der Waals surface area (Å²) in [4.78, 5) is 31.5. The first-order valence-electron chi connectivity index (χ1n) is 9.98. The molecule has 0 N–H and O–H groups in total. The lowest BCUT2D eigenvalue weighted by atomic mass is 10.1. The Balaban J connectivity index is 1.54. The maximum Gasteiger partial charge on any atom is 0.339 e. The Morgan fingerprint density at radius 1 is 1.23 bits per heavy atom. The largest absolute Gasteiger partial charge is 0.463 e. The number of likely N-dealkylation sites (N-methyl/N-ethyl adjacent to an activating group) is 1. The zero-order valence-corrected chi connectivity index (χ0v) is 17.8. The van der Waals surface area contributed by atoms with E-state index in [4.69, 9.17) is 9.15 Å². The molecule has 0 spiro atoms. The van der Waals surface area contributed by atoms with Crippen LogP contribution in [0.3, 0.4) is 0 Å². The number of carbonyl (C=O) groups is 2. The van der Waals surface area contributed by atoms with Crippen molar-refractivity contribution in [2.75, 3.05) is 24.7 Å². The van der Waals surface area contributed by atoms with Gasteiger partial charge < -0.3 is 14.1 Å². The molecule has 1 aliphatic heterocycles. The molecule has 1 atom stereocenters. The molecule has 2 aromatic heterocycles. The van der Waals surface area contributed by atoms with Gasteiger partial charge in [-0.3, -0.25) is 4.79 Å². The molecule has 1 amide bonds. The number of furan rings is 1. The molecule has 1 aromatic carbocycles. The Morgan fingerprint density at radius 2 is 2.03 bits per heavy atom. The van der Waals surface area contributed by atoms with E-state index in [2.05, 4.69) is 4.98 Å². The third kappa shape index (κ3) is 4.46. The normalized spacial score (nSPS) is 17.5. The van der Waals surface area contributed by atoms with E-state index in [1.165, 1.54) is 11.2 Å². The molecule has 4 rings (SSSR count). The van der Waals surface area contributed by atoms with Gasteiger partial charge in [0.15, 0.2) is 22.2 Å². The first-order chi connectivity index (χ1) is 14.9. The van der Waals surface area contributed by atoms with Crippen LogP contribution in [0.4, 0.5) is 0 Å². The van der Waals surface area contributed by atoms with Gasteiger partial charge in [-0.2, -0.15) is 0 Å². The number of sulfone groups is 1. The summed E-state index contributed by atoms with van der Waals surface area (Å²) in [5.74, 6) is -0.546. The first-order valence-corrected chi connectivity index (χ1v) is 11.8. The number of fused-ring (bicyclic) bond motifs is 1. The Morgan fingerprint density at radius 3 is 2.71 bits per heavy atom.